The van der Waals surface area contributed by atoms with Crippen LogP contribution in [0, 0.1) is 0 Å². The average molecular weight is 405 g/mol. The summed E-state index contributed by atoms with van der Waals surface area (Å²) >= 11 is 0. The van der Waals surface area contributed by atoms with E-state index < -0.39 is 12.1 Å². The van der Waals surface area contributed by atoms with Gasteiger partial charge in [0.2, 0.25) is 0 Å². The molecule has 2 aromatic carbocycles. The first-order valence-corrected chi connectivity index (χ1v) is 9.65. The van der Waals surface area contributed by atoms with Crippen LogP contribution in [-0.2, 0) is 22.7 Å². The maximum Gasteiger partial charge on any atom is 0.408 e. The summed E-state index contributed by atoms with van der Waals surface area (Å²) in [5, 5.41) is 14.1. The Morgan fingerprint density at radius 2 is 1.77 bits per heavy atom. The highest BCUT2D eigenvalue weighted by molar-refractivity contribution is 5.87. The number of alkyl carbamates (subject to hydrolysis) is 1. The molecule has 1 heterocycles. The van der Waals surface area contributed by atoms with Gasteiger partial charge in [-0.2, -0.15) is 0 Å². The van der Waals surface area contributed by atoms with Gasteiger partial charge in [0.15, 0.2) is 11.6 Å². The SMILES string of the molecule is CCC(NC(=O)OCc1ccccc1)C(=O)Cn1nnnc1/C=C/c1ccccc1. The Hall–Kier alpha value is -3.81. The van der Waals surface area contributed by atoms with Crippen molar-refractivity contribution in [3.8, 4) is 0 Å². The molecule has 30 heavy (non-hydrogen) atoms. The maximum absolute atomic E-state index is 12.7. The number of nitrogens with zero attached hydrogens (tertiary/aromatic N) is 4. The van der Waals surface area contributed by atoms with E-state index in [1.807, 2.05) is 73.7 Å². The molecule has 1 N–H and O–H groups in total. The lowest BCUT2D eigenvalue weighted by Gasteiger charge is -2.16. The lowest BCUT2D eigenvalue weighted by molar-refractivity contribution is -0.121. The molecule has 154 valence electrons. The Kier molecular flexibility index (Phi) is 7.43. The number of aromatic nitrogens is 4. The molecule has 0 aliphatic rings. The van der Waals surface area contributed by atoms with E-state index in [0.717, 1.165) is 11.1 Å². The van der Waals surface area contributed by atoms with Crippen LogP contribution in [0.1, 0.15) is 30.3 Å². The summed E-state index contributed by atoms with van der Waals surface area (Å²) in [7, 11) is 0. The van der Waals surface area contributed by atoms with Gasteiger partial charge in [0.1, 0.15) is 13.2 Å². The lowest BCUT2D eigenvalue weighted by atomic mass is 10.1. The number of benzene rings is 2. The first kappa shape index (κ1) is 20.9. The molecule has 8 heteroatoms. The number of ether oxygens (including phenoxy) is 1. The van der Waals surface area contributed by atoms with Gasteiger partial charge >= 0.3 is 6.09 Å². The fourth-order valence-electron chi connectivity index (χ4n) is 2.75. The highest BCUT2D eigenvalue weighted by Gasteiger charge is 2.21. The van der Waals surface area contributed by atoms with Gasteiger partial charge in [-0.15, -0.1) is 5.10 Å². The molecule has 8 nitrogen and oxygen atoms in total. The number of hydrogen-bond donors (Lipinski definition) is 1. The second-order valence-corrected chi connectivity index (χ2v) is 6.57. The van der Waals surface area contributed by atoms with E-state index in [9.17, 15) is 9.59 Å². The minimum absolute atomic E-state index is 0.0566. The van der Waals surface area contributed by atoms with Crippen LogP contribution in [0.15, 0.2) is 60.7 Å². The van der Waals surface area contributed by atoms with Gasteiger partial charge in [0.25, 0.3) is 0 Å². The average Bonchev–Trinajstić information content (AvgIpc) is 3.22. The minimum Gasteiger partial charge on any atom is -0.445 e. The molecule has 1 aromatic heterocycles. The Bertz CT molecular complexity index is 986. The zero-order valence-electron chi connectivity index (χ0n) is 16.6. The van der Waals surface area contributed by atoms with Crippen molar-refractivity contribution in [1.82, 2.24) is 25.5 Å². The number of nitrogens with one attached hydrogen (secondary N) is 1. The van der Waals surface area contributed by atoms with Crippen LogP contribution >= 0.6 is 0 Å². The van der Waals surface area contributed by atoms with Gasteiger partial charge in [-0.05, 0) is 34.1 Å². The molecule has 0 aliphatic heterocycles. The molecular formula is C22H23N5O3. The summed E-state index contributed by atoms with van der Waals surface area (Å²) in [5.41, 5.74) is 1.86. The fraction of sp³-hybridized carbons (Fsp3) is 0.227. The Labute approximate surface area is 174 Å². The van der Waals surface area contributed by atoms with Crippen molar-refractivity contribution < 1.29 is 14.3 Å². The van der Waals surface area contributed by atoms with E-state index in [1.54, 1.807) is 6.08 Å². The van der Waals surface area contributed by atoms with Crippen molar-refractivity contribution >= 4 is 24.0 Å². The molecule has 0 aliphatic carbocycles. The Morgan fingerprint density at radius 1 is 1.07 bits per heavy atom. The molecule has 0 spiro atoms. The molecule has 3 aromatic rings. The zero-order chi connectivity index (χ0) is 21.2. The zero-order valence-corrected chi connectivity index (χ0v) is 16.6. The van der Waals surface area contributed by atoms with E-state index in [-0.39, 0.29) is 18.9 Å². The summed E-state index contributed by atoms with van der Waals surface area (Å²) in [6.07, 6.45) is 3.39. The van der Waals surface area contributed by atoms with Crippen LogP contribution in [0.5, 0.6) is 0 Å². The monoisotopic (exact) mass is 405 g/mol. The van der Waals surface area contributed by atoms with Gasteiger partial charge in [-0.1, -0.05) is 73.7 Å². The quantitative estimate of drug-likeness (QED) is 0.587. The van der Waals surface area contributed by atoms with Gasteiger partial charge < -0.3 is 10.1 Å². The van der Waals surface area contributed by atoms with Crippen LogP contribution < -0.4 is 5.32 Å². The van der Waals surface area contributed by atoms with Crippen LogP contribution in [0.4, 0.5) is 4.79 Å². The Morgan fingerprint density at radius 3 is 2.47 bits per heavy atom. The number of tetrazole rings is 1. The predicted molar refractivity (Wildman–Crippen MR) is 112 cm³/mol. The van der Waals surface area contributed by atoms with E-state index in [0.29, 0.717) is 12.2 Å². The number of rotatable bonds is 9. The van der Waals surface area contributed by atoms with Gasteiger partial charge in [0.05, 0.1) is 6.04 Å². The molecule has 0 bridgehead atoms. The third-order valence-electron chi connectivity index (χ3n) is 4.39. The fourth-order valence-corrected chi connectivity index (χ4v) is 2.75. The molecule has 0 radical (unpaired) electrons. The third kappa shape index (κ3) is 6.10. The maximum atomic E-state index is 12.7. The summed E-state index contributed by atoms with van der Waals surface area (Å²) in [6.45, 7) is 1.90. The topological polar surface area (TPSA) is 99.0 Å². The number of amides is 1. The molecule has 3 rings (SSSR count). The van der Waals surface area contributed by atoms with E-state index >= 15 is 0 Å². The first-order valence-electron chi connectivity index (χ1n) is 9.65. The van der Waals surface area contributed by atoms with Gasteiger partial charge in [-0.3, -0.25) is 4.79 Å². The van der Waals surface area contributed by atoms with E-state index in [1.165, 1.54) is 4.68 Å². The highest BCUT2D eigenvalue weighted by atomic mass is 16.5. The summed E-state index contributed by atoms with van der Waals surface area (Å²) in [6, 6.07) is 18.3. The molecule has 1 amide bonds. The highest BCUT2D eigenvalue weighted by Crippen LogP contribution is 2.07. The smallest absolute Gasteiger partial charge is 0.408 e. The molecule has 1 unspecified atom stereocenters. The summed E-state index contributed by atoms with van der Waals surface area (Å²) in [4.78, 5) is 24.7. The van der Waals surface area contributed by atoms with Crippen LogP contribution in [0.2, 0.25) is 0 Å². The molecule has 0 saturated carbocycles. The Balaban J connectivity index is 1.55. The van der Waals surface area contributed by atoms with Crippen molar-refractivity contribution in [3.63, 3.8) is 0 Å². The van der Waals surface area contributed by atoms with Crippen molar-refractivity contribution in [3.05, 3.63) is 77.6 Å². The van der Waals surface area contributed by atoms with Crippen LogP contribution in [0.25, 0.3) is 12.2 Å². The predicted octanol–water partition coefficient (Wildman–Crippen LogP) is 3.12. The number of ketones is 1. The molecule has 1 atom stereocenters. The standard InChI is InChI=1S/C22H23N5O3/c1-2-19(23-22(29)30-16-18-11-7-4-8-12-18)20(28)15-27-21(24-25-26-27)14-13-17-9-5-3-6-10-17/h3-14,19H,2,15-16H2,1H3,(H,23,29)/b14-13+. The summed E-state index contributed by atoms with van der Waals surface area (Å²) < 4.78 is 6.60. The van der Waals surface area contributed by atoms with Crippen LogP contribution in [0.3, 0.4) is 0 Å². The minimum atomic E-state index is -0.691. The number of carbonyl (C=O) groups is 2. The van der Waals surface area contributed by atoms with Gasteiger partial charge in [-0.25, -0.2) is 9.48 Å². The lowest BCUT2D eigenvalue weighted by Crippen LogP contribution is -2.42. The van der Waals surface area contributed by atoms with E-state index in [2.05, 4.69) is 20.8 Å². The largest absolute Gasteiger partial charge is 0.445 e. The van der Waals surface area contributed by atoms with Crippen molar-refractivity contribution in [2.45, 2.75) is 32.5 Å². The molecule has 0 fully saturated rings. The second-order valence-electron chi connectivity index (χ2n) is 6.57. The van der Waals surface area contributed by atoms with Crippen LogP contribution in [-0.4, -0.2) is 38.1 Å². The number of Topliss-reactive ketones (excluding diaryl/α,β-unsaturated/α-hetero) is 1. The second kappa shape index (κ2) is 10.7. The van der Waals surface area contributed by atoms with Crippen molar-refractivity contribution in [2.75, 3.05) is 0 Å². The molecule has 0 saturated heterocycles. The third-order valence-corrected chi connectivity index (χ3v) is 4.39. The summed E-state index contributed by atoms with van der Waals surface area (Å²) in [5.74, 6) is 0.240. The molecular weight excluding hydrogens is 382 g/mol. The number of hydrogen-bond acceptors (Lipinski definition) is 6. The van der Waals surface area contributed by atoms with Crippen molar-refractivity contribution in [2.24, 2.45) is 0 Å². The number of carbonyl (C=O) groups excluding carboxylic acids is 2. The van der Waals surface area contributed by atoms with Crippen molar-refractivity contribution in [1.29, 1.82) is 0 Å². The first-order chi connectivity index (χ1) is 14.7. The van der Waals surface area contributed by atoms with Gasteiger partial charge in [0, 0.05) is 0 Å². The normalized spacial score (nSPS) is 11.9. The van der Waals surface area contributed by atoms with E-state index in [4.69, 9.17) is 4.74 Å².